The SMILES string of the molecule is CCOC1CN(C2[C@@H]3CC[C@@H](C3)[C@H]2Oc2ccc3c(c2)CN(C2CCC(=O)NC2=O)C3=O)C1. The highest BCUT2D eigenvalue weighted by Gasteiger charge is 2.53. The molecule has 2 bridgehead atoms. The second kappa shape index (κ2) is 8.09. The molecule has 0 radical (unpaired) electrons. The fraction of sp³-hybridized carbons (Fsp3) is 0.640. The summed E-state index contributed by atoms with van der Waals surface area (Å²) in [4.78, 5) is 40.9. The molecule has 1 N–H and O–H groups in total. The second-order valence-electron chi connectivity index (χ2n) is 10.2. The van der Waals surface area contributed by atoms with Crippen LogP contribution in [0.4, 0.5) is 0 Å². The highest BCUT2D eigenvalue weighted by molar-refractivity contribution is 6.05. The van der Waals surface area contributed by atoms with Gasteiger partial charge in [0, 0.05) is 44.3 Å². The minimum Gasteiger partial charge on any atom is -0.488 e. The summed E-state index contributed by atoms with van der Waals surface area (Å²) >= 11 is 0. The monoisotopic (exact) mass is 453 g/mol. The molecule has 2 unspecified atom stereocenters. The molecule has 0 spiro atoms. The number of hydrogen-bond donors (Lipinski definition) is 1. The van der Waals surface area contributed by atoms with E-state index in [2.05, 4.69) is 10.2 Å². The summed E-state index contributed by atoms with van der Waals surface area (Å²) in [6, 6.07) is 5.55. The molecule has 2 aliphatic carbocycles. The zero-order valence-electron chi connectivity index (χ0n) is 19.0. The third-order valence-electron chi connectivity index (χ3n) is 8.27. The fourth-order valence-corrected chi connectivity index (χ4v) is 6.72. The highest BCUT2D eigenvalue weighted by Crippen LogP contribution is 2.49. The van der Waals surface area contributed by atoms with Gasteiger partial charge in [0.1, 0.15) is 17.9 Å². The quantitative estimate of drug-likeness (QED) is 0.660. The van der Waals surface area contributed by atoms with Crippen LogP contribution in [-0.2, 0) is 20.9 Å². The van der Waals surface area contributed by atoms with Crippen molar-refractivity contribution in [3.05, 3.63) is 29.3 Å². The molecule has 1 aromatic carbocycles. The smallest absolute Gasteiger partial charge is 0.255 e. The Balaban J connectivity index is 1.16. The average molecular weight is 454 g/mol. The van der Waals surface area contributed by atoms with E-state index in [1.165, 1.54) is 19.3 Å². The molecule has 5 aliphatic rings. The number of likely N-dealkylation sites (tertiary alicyclic amines) is 1. The molecule has 6 rings (SSSR count). The zero-order valence-corrected chi connectivity index (χ0v) is 19.0. The molecule has 5 atom stereocenters. The van der Waals surface area contributed by atoms with E-state index >= 15 is 0 Å². The van der Waals surface area contributed by atoms with Gasteiger partial charge in [0.25, 0.3) is 5.91 Å². The number of fused-ring (bicyclic) bond motifs is 3. The zero-order chi connectivity index (χ0) is 22.7. The number of imide groups is 1. The number of nitrogens with zero attached hydrogens (tertiary/aromatic N) is 2. The van der Waals surface area contributed by atoms with E-state index < -0.39 is 6.04 Å². The topological polar surface area (TPSA) is 88.2 Å². The van der Waals surface area contributed by atoms with Gasteiger partial charge >= 0.3 is 0 Å². The highest BCUT2D eigenvalue weighted by atomic mass is 16.5. The first-order chi connectivity index (χ1) is 16.0. The summed E-state index contributed by atoms with van der Waals surface area (Å²) in [5.74, 6) is 1.28. The van der Waals surface area contributed by atoms with Gasteiger partial charge in [-0.05, 0) is 68.2 Å². The van der Waals surface area contributed by atoms with Crippen molar-refractivity contribution < 1.29 is 23.9 Å². The number of benzene rings is 1. The molecule has 2 saturated carbocycles. The number of carbonyl (C=O) groups is 3. The Morgan fingerprint density at radius 3 is 2.70 bits per heavy atom. The Bertz CT molecular complexity index is 990. The lowest BCUT2D eigenvalue weighted by molar-refractivity contribution is -0.136. The molecule has 3 aliphatic heterocycles. The maximum atomic E-state index is 13.0. The largest absolute Gasteiger partial charge is 0.488 e. The molecular weight excluding hydrogens is 422 g/mol. The average Bonchev–Trinajstić information content (AvgIpc) is 3.45. The van der Waals surface area contributed by atoms with Crippen LogP contribution in [0.1, 0.15) is 54.9 Å². The van der Waals surface area contributed by atoms with Crippen LogP contribution in [0.3, 0.4) is 0 Å². The van der Waals surface area contributed by atoms with Gasteiger partial charge < -0.3 is 14.4 Å². The maximum absolute atomic E-state index is 13.0. The van der Waals surface area contributed by atoms with Crippen LogP contribution in [0.5, 0.6) is 5.75 Å². The summed E-state index contributed by atoms with van der Waals surface area (Å²) in [5, 5.41) is 2.36. The van der Waals surface area contributed by atoms with Crippen molar-refractivity contribution >= 4 is 17.7 Å². The third-order valence-corrected chi connectivity index (χ3v) is 8.27. The van der Waals surface area contributed by atoms with Crippen molar-refractivity contribution in [1.29, 1.82) is 0 Å². The van der Waals surface area contributed by atoms with Crippen molar-refractivity contribution in [2.45, 2.75) is 69.9 Å². The standard InChI is InChI=1S/C25H31N3O5/c1-2-32-18-12-27(13-18)22-14-3-4-15(9-14)23(22)33-17-5-6-19-16(10-17)11-28(25(19)31)20-7-8-21(29)26-24(20)30/h5-6,10,14-15,18,20,22-23H,2-4,7-9,11-13H2,1H3,(H,26,29,30)/t14-,15+,20?,22?,23-/m1/s1. The van der Waals surface area contributed by atoms with Gasteiger partial charge in [0.2, 0.25) is 11.8 Å². The molecule has 8 nitrogen and oxygen atoms in total. The third kappa shape index (κ3) is 3.54. The molecule has 1 aromatic rings. The van der Waals surface area contributed by atoms with Gasteiger partial charge in [-0.2, -0.15) is 0 Å². The van der Waals surface area contributed by atoms with Crippen LogP contribution in [-0.4, -0.2) is 71.5 Å². The molecule has 2 saturated heterocycles. The Labute approximate surface area is 193 Å². The fourth-order valence-electron chi connectivity index (χ4n) is 6.72. The number of carbonyl (C=O) groups excluding carboxylic acids is 3. The van der Waals surface area contributed by atoms with E-state index in [0.717, 1.165) is 31.0 Å². The summed E-state index contributed by atoms with van der Waals surface area (Å²) in [6.07, 6.45) is 4.90. The van der Waals surface area contributed by atoms with E-state index in [1.807, 2.05) is 25.1 Å². The summed E-state index contributed by atoms with van der Waals surface area (Å²) in [5.41, 5.74) is 1.51. The summed E-state index contributed by atoms with van der Waals surface area (Å²) in [7, 11) is 0. The van der Waals surface area contributed by atoms with Gasteiger partial charge in [0.15, 0.2) is 0 Å². The van der Waals surface area contributed by atoms with E-state index in [-0.39, 0.29) is 30.2 Å². The normalized spacial score (nSPS) is 33.9. The molecule has 33 heavy (non-hydrogen) atoms. The van der Waals surface area contributed by atoms with Gasteiger partial charge in [-0.3, -0.25) is 24.6 Å². The lowest BCUT2D eigenvalue weighted by atomic mass is 9.89. The first-order valence-corrected chi connectivity index (χ1v) is 12.3. The van der Waals surface area contributed by atoms with Crippen LogP contribution < -0.4 is 10.1 Å². The van der Waals surface area contributed by atoms with Crippen molar-refractivity contribution in [3.63, 3.8) is 0 Å². The number of ether oxygens (including phenoxy) is 2. The van der Waals surface area contributed by atoms with Crippen LogP contribution in [0.25, 0.3) is 0 Å². The van der Waals surface area contributed by atoms with Gasteiger partial charge in [0.05, 0.1) is 6.10 Å². The van der Waals surface area contributed by atoms with E-state index in [9.17, 15) is 14.4 Å². The minimum absolute atomic E-state index is 0.147. The van der Waals surface area contributed by atoms with Crippen LogP contribution in [0.2, 0.25) is 0 Å². The number of rotatable bonds is 6. The first-order valence-electron chi connectivity index (χ1n) is 12.3. The Morgan fingerprint density at radius 2 is 1.91 bits per heavy atom. The van der Waals surface area contributed by atoms with Gasteiger partial charge in [-0.15, -0.1) is 0 Å². The lowest BCUT2D eigenvalue weighted by Gasteiger charge is -2.47. The second-order valence-corrected chi connectivity index (χ2v) is 10.2. The van der Waals surface area contributed by atoms with Crippen LogP contribution in [0, 0.1) is 11.8 Å². The Hall–Kier alpha value is -2.45. The molecule has 4 fully saturated rings. The minimum atomic E-state index is -0.591. The van der Waals surface area contributed by atoms with Crippen molar-refractivity contribution in [2.75, 3.05) is 19.7 Å². The molecule has 0 aromatic heterocycles. The van der Waals surface area contributed by atoms with Crippen molar-refractivity contribution in [2.24, 2.45) is 11.8 Å². The van der Waals surface area contributed by atoms with Gasteiger partial charge in [-0.25, -0.2) is 0 Å². The Morgan fingerprint density at radius 1 is 1.09 bits per heavy atom. The van der Waals surface area contributed by atoms with Crippen LogP contribution in [0.15, 0.2) is 18.2 Å². The predicted octanol–water partition coefficient (Wildman–Crippen LogP) is 1.71. The molecular formula is C25H31N3O5. The molecule has 8 heteroatoms. The van der Waals surface area contributed by atoms with Crippen LogP contribution >= 0.6 is 0 Å². The summed E-state index contributed by atoms with van der Waals surface area (Å²) < 4.78 is 12.4. The van der Waals surface area contributed by atoms with Crippen molar-refractivity contribution in [1.82, 2.24) is 15.1 Å². The number of nitrogens with one attached hydrogen (secondary N) is 1. The Kier molecular flexibility index (Phi) is 5.18. The predicted molar refractivity (Wildman–Crippen MR) is 119 cm³/mol. The lowest BCUT2D eigenvalue weighted by Crippen LogP contribution is -2.61. The number of hydrogen-bond acceptors (Lipinski definition) is 6. The number of amides is 3. The molecule has 176 valence electrons. The first kappa shape index (κ1) is 21.1. The maximum Gasteiger partial charge on any atom is 0.255 e. The molecule has 3 amide bonds. The molecule has 3 heterocycles. The van der Waals surface area contributed by atoms with Gasteiger partial charge in [-0.1, -0.05) is 0 Å². The number of piperidine rings is 1. The van der Waals surface area contributed by atoms with E-state index in [0.29, 0.717) is 42.5 Å². The van der Waals surface area contributed by atoms with E-state index in [1.54, 1.807) is 4.90 Å². The van der Waals surface area contributed by atoms with E-state index in [4.69, 9.17) is 9.47 Å². The summed E-state index contributed by atoms with van der Waals surface area (Å²) in [6.45, 7) is 5.16. The van der Waals surface area contributed by atoms with Crippen molar-refractivity contribution in [3.8, 4) is 5.75 Å².